The molecule has 1 amide bonds. The molecule has 0 saturated heterocycles. The topological polar surface area (TPSA) is 93.5 Å². The minimum Gasteiger partial charge on any atom is -0.484 e. The van der Waals surface area contributed by atoms with Crippen LogP contribution in [0.5, 0.6) is 5.75 Å². The summed E-state index contributed by atoms with van der Waals surface area (Å²) in [5, 5.41) is 16.4. The number of ether oxygens (including phenoxy) is 1. The van der Waals surface area contributed by atoms with E-state index < -0.39 is 4.92 Å². The van der Waals surface area contributed by atoms with Crippen molar-refractivity contribution in [3.8, 4) is 5.75 Å². The van der Waals surface area contributed by atoms with Gasteiger partial charge < -0.3 is 15.4 Å². The number of non-ortho nitro benzene ring substituents is 1. The number of nitro benzene ring substituents is 1. The molecule has 0 radical (unpaired) electrons. The minimum absolute atomic E-state index is 0.0322. The Morgan fingerprint density at radius 3 is 2.68 bits per heavy atom. The van der Waals surface area contributed by atoms with E-state index >= 15 is 0 Å². The van der Waals surface area contributed by atoms with E-state index in [0.29, 0.717) is 12.3 Å². The molecule has 0 aromatic heterocycles. The third-order valence-corrected chi connectivity index (χ3v) is 4.03. The fourth-order valence-electron chi connectivity index (χ4n) is 2.49. The number of amides is 1. The summed E-state index contributed by atoms with van der Waals surface area (Å²) in [6.07, 6.45) is 8.01. The van der Waals surface area contributed by atoms with Gasteiger partial charge in [0.15, 0.2) is 11.7 Å². The van der Waals surface area contributed by atoms with Crippen molar-refractivity contribution in [1.82, 2.24) is 10.6 Å². The van der Waals surface area contributed by atoms with E-state index in [1.54, 1.807) is 0 Å². The van der Waals surface area contributed by atoms with E-state index in [9.17, 15) is 14.9 Å². The smallest absolute Gasteiger partial charge is 0.269 e. The first-order valence-corrected chi connectivity index (χ1v) is 8.58. The van der Waals surface area contributed by atoms with E-state index in [0.717, 1.165) is 19.3 Å². The molecule has 0 atom stereocenters. The second-order valence-electron chi connectivity index (χ2n) is 5.70. The SMILES string of the molecule is O=C(COc1ccc([N+](=O)[O-])cc1)NC(=S)NCCC1=CCCCC1. The van der Waals surface area contributed by atoms with Gasteiger partial charge in [0.25, 0.3) is 11.6 Å². The number of allylic oxidation sites excluding steroid dienone is 1. The third-order valence-electron chi connectivity index (χ3n) is 3.79. The Morgan fingerprint density at radius 2 is 2.04 bits per heavy atom. The van der Waals surface area contributed by atoms with Gasteiger partial charge in [-0.1, -0.05) is 11.6 Å². The van der Waals surface area contributed by atoms with Crippen molar-refractivity contribution in [3.63, 3.8) is 0 Å². The van der Waals surface area contributed by atoms with Gasteiger partial charge >= 0.3 is 0 Å². The maximum atomic E-state index is 11.8. The average molecular weight is 363 g/mol. The number of hydrogen-bond acceptors (Lipinski definition) is 5. The molecule has 25 heavy (non-hydrogen) atoms. The third kappa shape index (κ3) is 6.88. The van der Waals surface area contributed by atoms with Gasteiger partial charge in [-0.2, -0.15) is 0 Å². The zero-order valence-electron chi connectivity index (χ0n) is 13.8. The highest BCUT2D eigenvalue weighted by atomic mass is 32.1. The molecule has 134 valence electrons. The maximum Gasteiger partial charge on any atom is 0.269 e. The Kier molecular flexibility index (Phi) is 7.34. The number of benzene rings is 1. The summed E-state index contributed by atoms with van der Waals surface area (Å²) in [5.41, 5.74) is 1.41. The van der Waals surface area contributed by atoms with E-state index in [-0.39, 0.29) is 23.3 Å². The molecule has 0 saturated carbocycles. The van der Waals surface area contributed by atoms with Gasteiger partial charge in [-0.3, -0.25) is 14.9 Å². The number of thiocarbonyl (C=S) groups is 1. The molecule has 0 bridgehead atoms. The monoisotopic (exact) mass is 363 g/mol. The van der Waals surface area contributed by atoms with Crippen molar-refractivity contribution in [2.24, 2.45) is 0 Å². The molecule has 7 nitrogen and oxygen atoms in total. The van der Waals surface area contributed by atoms with Crippen molar-refractivity contribution >= 4 is 28.9 Å². The van der Waals surface area contributed by atoms with Gasteiger partial charge in [0.05, 0.1) is 4.92 Å². The number of nitrogens with zero attached hydrogens (tertiary/aromatic N) is 1. The molecular formula is C17H21N3O4S. The number of nitrogens with one attached hydrogen (secondary N) is 2. The van der Waals surface area contributed by atoms with Gasteiger partial charge in [-0.25, -0.2) is 0 Å². The van der Waals surface area contributed by atoms with Crippen LogP contribution in [0.2, 0.25) is 0 Å². The summed E-state index contributed by atoms with van der Waals surface area (Å²) < 4.78 is 5.27. The first-order chi connectivity index (χ1) is 12.0. The highest BCUT2D eigenvalue weighted by molar-refractivity contribution is 7.80. The lowest BCUT2D eigenvalue weighted by atomic mass is 9.97. The summed E-state index contributed by atoms with van der Waals surface area (Å²) >= 11 is 5.08. The molecule has 8 heteroatoms. The fraction of sp³-hybridized carbons (Fsp3) is 0.412. The van der Waals surface area contributed by atoms with Gasteiger partial charge in [-0.05, 0) is 56.5 Å². The summed E-state index contributed by atoms with van der Waals surface area (Å²) in [6.45, 7) is 0.471. The molecule has 2 rings (SSSR count). The van der Waals surface area contributed by atoms with E-state index in [4.69, 9.17) is 17.0 Å². The molecule has 1 aliphatic rings. The Labute approximate surface area is 151 Å². The summed E-state index contributed by atoms with van der Waals surface area (Å²) in [4.78, 5) is 21.9. The van der Waals surface area contributed by atoms with Crippen molar-refractivity contribution < 1.29 is 14.5 Å². The molecule has 0 aliphatic heterocycles. The Hall–Kier alpha value is -2.48. The van der Waals surface area contributed by atoms with Crippen LogP contribution in [0, 0.1) is 10.1 Å². The zero-order chi connectivity index (χ0) is 18.1. The molecule has 1 aromatic carbocycles. The molecule has 0 heterocycles. The molecule has 0 fully saturated rings. The van der Waals surface area contributed by atoms with Crippen LogP contribution >= 0.6 is 12.2 Å². The molecule has 2 N–H and O–H groups in total. The number of carbonyl (C=O) groups excluding carboxylic acids is 1. The van der Waals surface area contributed by atoms with Crippen LogP contribution in [0.15, 0.2) is 35.9 Å². The van der Waals surface area contributed by atoms with Crippen LogP contribution in [-0.2, 0) is 4.79 Å². The van der Waals surface area contributed by atoms with Crippen LogP contribution in [0.25, 0.3) is 0 Å². The largest absolute Gasteiger partial charge is 0.484 e. The predicted molar refractivity (Wildman–Crippen MR) is 98.5 cm³/mol. The maximum absolute atomic E-state index is 11.8. The predicted octanol–water partition coefficient (Wildman–Crippen LogP) is 2.85. The van der Waals surface area contributed by atoms with Crippen LogP contribution in [-0.4, -0.2) is 29.1 Å². The molecule has 0 unspecified atom stereocenters. The standard InChI is InChI=1S/C17H21N3O4S/c21-16(12-24-15-8-6-14(7-9-15)20(22)23)19-17(25)18-11-10-13-4-2-1-3-5-13/h4,6-9H,1-3,5,10-12H2,(H2,18,19,21,25). The number of hydrogen-bond donors (Lipinski definition) is 2. The quantitative estimate of drug-likeness (QED) is 0.335. The second kappa shape index (κ2) is 9.73. The lowest BCUT2D eigenvalue weighted by Crippen LogP contribution is -2.41. The summed E-state index contributed by atoms with van der Waals surface area (Å²) in [7, 11) is 0. The normalized spacial score (nSPS) is 13.5. The second-order valence-corrected chi connectivity index (χ2v) is 6.11. The zero-order valence-corrected chi connectivity index (χ0v) is 14.6. The average Bonchev–Trinajstić information content (AvgIpc) is 2.61. The highest BCUT2D eigenvalue weighted by Gasteiger charge is 2.08. The van der Waals surface area contributed by atoms with Crippen LogP contribution < -0.4 is 15.4 Å². The summed E-state index contributed by atoms with van der Waals surface area (Å²) in [6, 6.07) is 5.53. The van der Waals surface area contributed by atoms with Crippen LogP contribution in [0.1, 0.15) is 32.1 Å². The van der Waals surface area contributed by atoms with Crippen molar-refractivity contribution in [2.45, 2.75) is 32.1 Å². The Morgan fingerprint density at radius 1 is 1.28 bits per heavy atom. The van der Waals surface area contributed by atoms with Crippen LogP contribution in [0.4, 0.5) is 5.69 Å². The lowest BCUT2D eigenvalue weighted by molar-refractivity contribution is -0.384. The van der Waals surface area contributed by atoms with Gasteiger partial charge in [-0.15, -0.1) is 0 Å². The van der Waals surface area contributed by atoms with Gasteiger partial charge in [0, 0.05) is 18.7 Å². The first kappa shape index (κ1) is 18.9. The highest BCUT2D eigenvalue weighted by Crippen LogP contribution is 2.19. The van der Waals surface area contributed by atoms with Crippen molar-refractivity contribution in [2.75, 3.05) is 13.2 Å². The molecular weight excluding hydrogens is 342 g/mol. The van der Waals surface area contributed by atoms with E-state index in [1.165, 1.54) is 42.7 Å². The van der Waals surface area contributed by atoms with E-state index in [2.05, 4.69) is 16.7 Å². The van der Waals surface area contributed by atoms with E-state index in [1.807, 2.05) is 0 Å². The van der Waals surface area contributed by atoms with Crippen molar-refractivity contribution in [3.05, 3.63) is 46.0 Å². The number of carbonyl (C=O) groups is 1. The van der Waals surface area contributed by atoms with Crippen LogP contribution in [0.3, 0.4) is 0 Å². The molecule has 1 aliphatic carbocycles. The Balaban J connectivity index is 1.64. The van der Waals surface area contributed by atoms with Gasteiger partial charge in [0.2, 0.25) is 0 Å². The first-order valence-electron chi connectivity index (χ1n) is 8.17. The lowest BCUT2D eigenvalue weighted by Gasteiger charge is -2.14. The number of nitro groups is 1. The molecule has 0 spiro atoms. The Bertz CT molecular complexity index is 658. The fourth-order valence-corrected chi connectivity index (χ4v) is 2.70. The summed E-state index contributed by atoms with van der Waals surface area (Å²) in [5.74, 6) is -0.00315. The minimum atomic E-state index is -0.496. The van der Waals surface area contributed by atoms with Crippen molar-refractivity contribution in [1.29, 1.82) is 0 Å². The number of rotatable bonds is 7. The van der Waals surface area contributed by atoms with Gasteiger partial charge in [0.1, 0.15) is 5.75 Å². The molecule has 1 aromatic rings.